The first-order valence-corrected chi connectivity index (χ1v) is 6.73. The Bertz CT molecular complexity index is 501. The van der Waals surface area contributed by atoms with Gasteiger partial charge in [0, 0.05) is 0 Å². The van der Waals surface area contributed by atoms with Crippen LogP contribution < -0.4 is 4.74 Å². The van der Waals surface area contributed by atoms with Crippen molar-refractivity contribution in [2.75, 3.05) is 12.9 Å². The summed E-state index contributed by atoms with van der Waals surface area (Å²) in [5.41, 5.74) is 0.540. The van der Waals surface area contributed by atoms with Gasteiger partial charge in [-0.1, -0.05) is 0 Å². The summed E-state index contributed by atoms with van der Waals surface area (Å²) in [6.07, 6.45) is 0.436. The van der Waals surface area contributed by atoms with Crippen LogP contribution in [0.3, 0.4) is 0 Å². The Labute approximate surface area is 101 Å². The predicted octanol–water partition coefficient (Wildman–Crippen LogP) is 1.30. The van der Waals surface area contributed by atoms with E-state index in [-0.39, 0.29) is 6.61 Å². The maximum absolute atomic E-state index is 10.8. The van der Waals surface area contributed by atoms with Gasteiger partial charge in [-0.05, 0) is 31.2 Å². The van der Waals surface area contributed by atoms with Crippen molar-refractivity contribution in [1.29, 1.82) is 5.26 Å². The van der Waals surface area contributed by atoms with E-state index >= 15 is 0 Å². The van der Waals surface area contributed by atoms with Gasteiger partial charge in [-0.15, -0.1) is 0 Å². The molecule has 0 saturated carbocycles. The highest BCUT2D eigenvalue weighted by Gasteiger charge is 2.10. The molecule has 0 radical (unpaired) electrons. The van der Waals surface area contributed by atoms with Gasteiger partial charge in [0.15, 0.2) is 0 Å². The summed E-state index contributed by atoms with van der Waals surface area (Å²) >= 11 is 0. The Balaban J connectivity index is 2.48. The quantitative estimate of drug-likeness (QED) is 0.741. The van der Waals surface area contributed by atoms with Gasteiger partial charge in [-0.3, -0.25) is 4.18 Å². The largest absolute Gasteiger partial charge is 0.491 e. The number of benzene rings is 1. The Morgan fingerprint density at radius 2 is 1.94 bits per heavy atom. The summed E-state index contributed by atoms with van der Waals surface area (Å²) in [6.45, 7) is 1.73. The van der Waals surface area contributed by atoms with Crippen LogP contribution in [0.15, 0.2) is 24.3 Å². The smallest absolute Gasteiger partial charge is 0.264 e. The lowest BCUT2D eigenvalue weighted by Crippen LogP contribution is -2.21. The van der Waals surface area contributed by atoms with Gasteiger partial charge in [0.05, 0.1) is 17.9 Å². The normalized spacial score (nSPS) is 12.8. The zero-order valence-electron chi connectivity index (χ0n) is 9.58. The third kappa shape index (κ3) is 5.33. The second-order valence-electron chi connectivity index (χ2n) is 3.56. The first-order valence-electron chi connectivity index (χ1n) is 4.92. The van der Waals surface area contributed by atoms with Crippen LogP contribution in [0.1, 0.15) is 12.5 Å². The highest BCUT2D eigenvalue weighted by molar-refractivity contribution is 7.86. The van der Waals surface area contributed by atoms with Gasteiger partial charge >= 0.3 is 0 Å². The molecule has 0 fully saturated rings. The van der Waals surface area contributed by atoms with E-state index < -0.39 is 16.2 Å². The monoisotopic (exact) mass is 255 g/mol. The molecule has 17 heavy (non-hydrogen) atoms. The lowest BCUT2D eigenvalue weighted by Gasteiger charge is -2.12. The van der Waals surface area contributed by atoms with Crippen molar-refractivity contribution in [2.24, 2.45) is 0 Å². The van der Waals surface area contributed by atoms with Gasteiger partial charge in [0.2, 0.25) is 0 Å². The topological polar surface area (TPSA) is 76.4 Å². The van der Waals surface area contributed by atoms with E-state index in [0.29, 0.717) is 11.3 Å². The second kappa shape index (κ2) is 5.66. The van der Waals surface area contributed by atoms with E-state index in [9.17, 15) is 8.42 Å². The van der Waals surface area contributed by atoms with Crippen LogP contribution in [0.4, 0.5) is 0 Å². The van der Waals surface area contributed by atoms with Crippen molar-refractivity contribution in [3.05, 3.63) is 29.8 Å². The first kappa shape index (κ1) is 13.5. The number of hydrogen-bond acceptors (Lipinski definition) is 5. The second-order valence-corrected chi connectivity index (χ2v) is 5.16. The highest BCUT2D eigenvalue weighted by Crippen LogP contribution is 2.12. The minimum Gasteiger partial charge on any atom is -0.491 e. The van der Waals surface area contributed by atoms with E-state index in [1.807, 2.05) is 6.07 Å². The van der Waals surface area contributed by atoms with Gasteiger partial charge in [0.25, 0.3) is 10.1 Å². The molecule has 0 bridgehead atoms. The average Bonchev–Trinajstić information content (AvgIpc) is 2.25. The van der Waals surface area contributed by atoms with E-state index in [2.05, 4.69) is 0 Å². The Hall–Kier alpha value is -1.58. The summed E-state index contributed by atoms with van der Waals surface area (Å²) in [4.78, 5) is 0. The van der Waals surface area contributed by atoms with Crippen molar-refractivity contribution < 1.29 is 17.3 Å². The van der Waals surface area contributed by atoms with E-state index in [0.717, 1.165) is 6.26 Å². The maximum atomic E-state index is 10.8. The number of ether oxygens (including phenoxy) is 1. The molecular weight excluding hydrogens is 242 g/mol. The van der Waals surface area contributed by atoms with Gasteiger partial charge in [-0.25, -0.2) is 0 Å². The van der Waals surface area contributed by atoms with Crippen molar-refractivity contribution in [2.45, 2.75) is 13.0 Å². The molecule has 92 valence electrons. The molecule has 0 amide bonds. The third-order valence-electron chi connectivity index (χ3n) is 1.81. The van der Waals surface area contributed by atoms with Crippen LogP contribution in [-0.4, -0.2) is 27.4 Å². The van der Waals surface area contributed by atoms with Gasteiger partial charge in [-0.2, -0.15) is 13.7 Å². The van der Waals surface area contributed by atoms with Crippen LogP contribution in [0.25, 0.3) is 0 Å². The van der Waals surface area contributed by atoms with Crippen LogP contribution >= 0.6 is 0 Å². The minimum atomic E-state index is -3.46. The Morgan fingerprint density at radius 3 is 2.41 bits per heavy atom. The molecule has 0 aliphatic heterocycles. The number of nitrogens with zero attached hydrogens (tertiary/aromatic N) is 1. The fourth-order valence-electron chi connectivity index (χ4n) is 1.17. The van der Waals surface area contributed by atoms with Crippen LogP contribution in [0.5, 0.6) is 5.75 Å². The summed E-state index contributed by atoms with van der Waals surface area (Å²) in [6, 6.07) is 8.52. The summed E-state index contributed by atoms with van der Waals surface area (Å²) in [5, 5.41) is 8.60. The molecule has 0 aliphatic rings. The molecule has 0 saturated heterocycles. The van der Waals surface area contributed by atoms with Gasteiger partial charge < -0.3 is 4.74 Å². The van der Waals surface area contributed by atoms with Gasteiger partial charge in [0.1, 0.15) is 18.5 Å². The molecule has 1 aromatic rings. The molecule has 0 aromatic heterocycles. The molecule has 0 spiro atoms. The lowest BCUT2D eigenvalue weighted by molar-refractivity contribution is 0.150. The molecule has 5 nitrogen and oxygen atoms in total. The zero-order valence-corrected chi connectivity index (χ0v) is 10.4. The third-order valence-corrected chi connectivity index (χ3v) is 2.49. The predicted molar refractivity (Wildman–Crippen MR) is 62.0 cm³/mol. The van der Waals surface area contributed by atoms with Crippen molar-refractivity contribution >= 4 is 10.1 Å². The highest BCUT2D eigenvalue weighted by atomic mass is 32.2. The van der Waals surface area contributed by atoms with Crippen molar-refractivity contribution in [3.63, 3.8) is 0 Å². The summed E-state index contributed by atoms with van der Waals surface area (Å²) < 4.78 is 31.7. The molecule has 1 rings (SSSR count). The van der Waals surface area contributed by atoms with Crippen LogP contribution in [0, 0.1) is 11.3 Å². The fraction of sp³-hybridized carbons (Fsp3) is 0.364. The van der Waals surface area contributed by atoms with E-state index in [1.54, 1.807) is 31.2 Å². The average molecular weight is 255 g/mol. The molecule has 1 atom stereocenters. The zero-order chi connectivity index (χ0) is 12.9. The molecule has 0 heterocycles. The lowest BCUT2D eigenvalue weighted by atomic mass is 10.2. The van der Waals surface area contributed by atoms with Crippen LogP contribution in [-0.2, 0) is 14.3 Å². The summed E-state index contributed by atoms with van der Waals surface area (Å²) in [7, 11) is -3.46. The molecule has 0 N–H and O–H groups in total. The number of rotatable bonds is 5. The summed E-state index contributed by atoms with van der Waals surface area (Å²) in [5.74, 6) is 0.563. The first-order chi connectivity index (χ1) is 7.90. The standard InChI is InChI=1S/C11H13NO4S/c1-9(16-17(2,13)14)8-15-11-5-3-10(7-12)4-6-11/h3-6,9H,8H2,1-2H3. The molecule has 0 aliphatic carbocycles. The van der Waals surface area contributed by atoms with E-state index in [1.165, 1.54) is 0 Å². The maximum Gasteiger partial charge on any atom is 0.264 e. The number of hydrogen-bond donors (Lipinski definition) is 0. The SMILES string of the molecule is CC(COc1ccc(C#N)cc1)OS(C)(=O)=O. The van der Waals surface area contributed by atoms with E-state index in [4.69, 9.17) is 14.2 Å². The van der Waals surface area contributed by atoms with Crippen molar-refractivity contribution in [3.8, 4) is 11.8 Å². The van der Waals surface area contributed by atoms with Crippen LogP contribution in [0.2, 0.25) is 0 Å². The fourth-order valence-corrected chi connectivity index (χ4v) is 1.82. The minimum absolute atomic E-state index is 0.124. The Morgan fingerprint density at radius 1 is 1.35 bits per heavy atom. The molecule has 1 unspecified atom stereocenters. The van der Waals surface area contributed by atoms with Crippen molar-refractivity contribution in [1.82, 2.24) is 0 Å². The number of nitriles is 1. The Kier molecular flexibility index (Phi) is 4.49. The molecule has 1 aromatic carbocycles. The molecular formula is C11H13NO4S. The molecule has 6 heteroatoms.